The van der Waals surface area contributed by atoms with Crippen molar-refractivity contribution in [2.24, 2.45) is 23.7 Å². The SMILES string of the molecule is CCOC(=O)C1CCC(c2cc(C(=O)N[C@@H]3[C@H]4CC[C@H](C4)[C@@H]3C(=O)Nc3cccc(S(=O)(=O)C(F)(F)F)c3)c(OC)cc2F)CC1. The second-order valence-corrected chi connectivity index (χ2v) is 14.1. The van der Waals surface area contributed by atoms with Gasteiger partial charge in [0.25, 0.3) is 15.7 Å². The zero-order valence-corrected chi connectivity index (χ0v) is 26.2. The van der Waals surface area contributed by atoms with Crippen LogP contribution < -0.4 is 15.4 Å². The highest BCUT2D eigenvalue weighted by Gasteiger charge is 2.52. The van der Waals surface area contributed by atoms with Crippen LogP contribution in [-0.4, -0.2) is 51.5 Å². The minimum absolute atomic E-state index is 0.0193. The van der Waals surface area contributed by atoms with E-state index in [1.165, 1.54) is 19.2 Å². The van der Waals surface area contributed by atoms with Crippen molar-refractivity contribution in [3.8, 4) is 5.75 Å². The zero-order valence-electron chi connectivity index (χ0n) is 25.4. The van der Waals surface area contributed by atoms with E-state index in [0.717, 1.165) is 37.1 Å². The van der Waals surface area contributed by atoms with Gasteiger partial charge in [-0.3, -0.25) is 14.4 Å². The summed E-state index contributed by atoms with van der Waals surface area (Å²) in [5, 5.41) is 5.50. The number of carbonyl (C=O) groups is 3. The quantitative estimate of drug-likeness (QED) is 0.257. The van der Waals surface area contributed by atoms with E-state index in [9.17, 15) is 36.0 Å². The Morgan fingerprint density at radius 2 is 1.67 bits per heavy atom. The highest BCUT2D eigenvalue weighted by molar-refractivity contribution is 7.92. The summed E-state index contributed by atoms with van der Waals surface area (Å²) in [7, 11) is -4.30. The molecule has 0 saturated heterocycles. The minimum Gasteiger partial charge on any atom is -0.496 e. The highest BCUT2D eigenvalue weighted by atomic mass is 32.2. The van der Waals surface area contributed by atoms with E-state index in [-0.39, 0.29) is 53.2 Å². The van der Waals surface area contributed by atoms with Gasteiger partial charge in [-0.1, -0.05) is 6.07 Å². The van der Waals surface area contributed by atoms with Gasteiger partial charge < -0.3 is 20.1 Å². The molecule has 0 unspecified atom stereocenters. The molecule has 0 radical (unpaired) electrons. The van der Waals surface area contributed by atoms with Crippen LogP contribution in [0.3, 0.4) is 0 Å². The van der Waals surface area contributed by atoms with Crippen molar-refractivity contribution in [3.63, 3.8) is 0 Å². The van der Waals surface area contributed by atoms with Crippen molar-refractivity contribution in [3.05, 3.63) is 53.3 Å². The topological polar surface area (TPSA) is 128 Å². The second-order valence-electron chi connectivity index (χ2n) is 12.2. The van der Waals surface area contributed by atoms with Gasteiger partial charge in [-0.05, 0) is 99.5 Å². The molecule has 2 aromatic rings. The predicted molar refractivity (Wildman–Crippen MR) is 158 cm³/mol. The van der Waals surface area contributed by atoms with Gasteiger partial charge in [-0.15, -0.1) is 0 Å². The van der Waals surface area contributed by atoms with E-state index in [0.29, 0.717) is 37.7 Å². The van der Waals surface area contributed by atoms with Crippen molar-refractivity contribution >= 4 is 33.3 Å². The lowest BCUT2D eigenvalue weighted by Crippen LogP contribution is -2.48. The number of nitrogens with one attached hydrogen (secondary N) is 2. The van der Waals surface area contributed by atoms with Gasteiger partial charge in [-0.25, -0.2) is 12.8 Å². The number of benzene rings is 2. The fraction of sp³-hybridized carbons (Fsp3) is 0.531. The van der Waals surface area contributed by atoms with E-state index >= 15 is 4.39 Å². The molecule has 14 heteroatoms. The van der Waals surface area contributed by atoms with E-state index in [1.54, 1.807) is 6.92 Å². The van der Waals surface area contributed by atoms with Crippen LogP contribution in [0.1, 0.15) is 73.7 Å². The number of alkyl halides is 3. The van der Waals surface area contributed by atoms with Crippen LogP contribution in [0, 0.1) is 29.5 Å². The zero-order chi connectivity index (χ0) is 33.4. The summed E-state index contributed by atoms with van der Waals surface area (Å²) in [4.78, 5) is 38.4. The van der Waals surface area contributed by atoms with E-state index in [4.69, 9.17) is 9.47 Å². The Bertz CT molecular complexity index is 1610. The van der Waals surface area contributed by atoms with E-state index in [1.807, 2.05) is 0 Å². The molecule has 2 N–H and O–H groups in total. The Kier molecular flexibility index (Phi) is 9.67. The van der Waals surface area contributed by atoms with Crippen LogP contribution in [0.15, 0.2) is 41.3 Å². The Hall–Kier alpha value is -3.68. The molecule has 3 aliphatic carbocycles. The van der Waals surface area contributed by atoms with Crippen LogP contribution in [0.25, 0.3) is 0 Å². The number of hydrogen-bond donors (Lipinski definition) is 2. The first kappa shape index (κ1) is 33.7. The summed E-state index contributed by atoms with van der Waals surface area (Å²) in [6, 6.07) is 5.96. The largest absolute Gasteiger partial charge is 0.501 e. The molecule has 0 heterocycles. The standard InChI is InChI=1S/C32H36F4N2O7S/c1-3-45-31(41)18-9-7-17(8-10-18)23-15-24(26(44-2)16-25(23)33)29(39)38-28-20-12-11-19(13-20)27(28)30(40)37-21-5-4-6-22(14-21)46(42,43)32(34,35)36/h4-6,14-20,27-28H,3,7-13H2,1-2H3,(H,37,40)(H,38,39)/t17?,18?,19-,20+,27+,28-/m1/s1. The molecular weight excluding hydrogens is 632 g/mol. The van der Waals surface area contributed by atoms with Gasteiger partial charge >= 0.3 is 11.5 Å². The predicted octanol–water partition coefficient (Wildman–Crippen LogP) is 5.75. The number of sulfone groups is 1. The number of ether oxygens (including phenoxy) is 2. The molecule has 2 bridgehead atoms. The van der Waals surface area contributed by atoms with E-state index in [2.05, 4.69) is 10.6 Å². The molecule has 0 aliphatic heterocycles. The number of carbonyl (C=O) groups excluding carboxylic acids is 3. The number of rotatable bonds is 9. The summed E-state index contributed by atoms with van der Waals surface area (Å²) in [6.07, 6.45) is 4.26. The summed E-state index contributed by atoms with van der Waals surface area (Å²) >= 11 is 0. The van der Waals surface area contributed by atoms with Crippen LogP contribution in [0.5, 0.6) is 5.75 Å². The fourth-order valence-electron chi connectivity index (χ4n) is 7.34. The number of fused-ring (bicyclic) bond motifs is 2. The van der Waals surface area contributed by atoms with Crippen LogP contribution in [0.2, 0.25) is 0 Å². The summed E-state index contributed by atoms with van der Waals surface area (Å²) in [5.41, 5.74) is -5.19. The van der Waals surface area contributed by atoms with E-state index < -0.39 is 49.8 Å². The molecular formula is C32H36F4N2O7S. The first-order valence-electron chi connectivity index (χ1n) is 15.3. The molecule has 2 aromatic carbocycles. The molecule has 2 amide bonds. The Morgan fingerprint density at radius 1 is 0.978 bits per heavy atom. The summed E-state index contributed by atoms with van der Waals surface area (Å²) in [5.74, 6) is -3.22. The fourth-order valence-corrected chi connectivity index (χ4v) is 8.14. The maximum absolute atomic E-state index is 15.3. The summed E-state index contributed by atoms with van der Waals surface area (Å²) < 4.78 is 88.8. The molecule has 3 saturated carbocycles. The lowest BCUT2D eigenvalue weighted by Gasteiger charge is -2.31. The number of hydrogen-bond acceptors (Lipinski definition) is 7. The molecule has 4 atom stereocenters. The molecule has 3 aliphatic rings. The average Bonchev–Trinajstić information content (AvgIpc) is 3.63. The van der Waals surface area contributed by atoms with Crippen molar-refractivity contribution in [1.29, 1.82) is 0 Å². The average molecular weight is 669 g/mol. The number of anilines is 1. The monoisotopic (exact) mass is 668 g/mol. The van der Waals surface area contributed by atoms with Crippen molar-refractivity contribution in [2.45, 2.75) is 74.2 Å². The van der Waals surface area contributed by atoms with Gasteiger partial charge in [0.2, 0.25) is 5.91 Å². The number of esters is 1. The molecule has 0 spiro atoms. The molecule has 9 nitrogen and oxygen atoms in total. The number of halogens is 4. The van der Waals surface area contributed by atoms with Crippen molar-refractivity contribution < 1.29 is 49.8 Å². The highest BCUT2D eigenvalue weighted by Crippen LogP contribution is 2.49. The Balaban J connectivity index is 1.33. The first-order valence-corrected chi connectivity index (χ1v) is 16.8. The Morgan fingerprint density at radius 3 is 2.33 bits per heavy atom. The van der Waals surface area contributed by atoms with Gasteiger partial charge in [0.15, 0.2) is 0 Å². The molecule has 46 heavy (non-hydrogen) atoms. The molecule has 5 rings (SSSR count). The molecule has 0 aromatic heterocycles. The maximum Gasteiger partial charge on any atom is 0.501 e. The smallest absolute Gasteiger partial charge is 0.496 e. The number of amides is 2. The molecule has 250 valence electrons. The number of methoxy groups -OCH3 is 1. The van der Waals surface area contributed by atoms with Crippen LogP contribution in [0.4, 0.5) is 23.2 Å². The third-order valence-electron chi connectivity index (χ3n) is 9.58. The van der Waals surface area contributed by atoms with Gasteiger partial charge in [0, 0.05) is 17.8 Å². The van der Waals surface area contributed by atoms with Crippen LogP contribution in [-0.2, 0) is 24.2 Å². The molecule has 3 fully saturated rings. The van der Waals surface area contributed by atoms with Crippen molar-refractivity contribution in [1.82, 2.24) is 5.32 Å². The van der Waals surface area contributed by atoms with Gasteiger partial charge in [0.05, 0.1) is 36.0 Å². The first-order chi connectivity index (χ1) is 21.7. The van der Waals surface area contributed by atoms with Gasteiger partial charge in [0.1, 0.15) is 11.6 Å². The Labute approximate surface area is 264 Å². The normalized spacial score (nSPS) is 26.0. The minimum atomic E-state index is -5.62. The second kappa shape index (κ2) is 13.2. The van der Waals surface area contributed by atoms with Crippen LogP contribution >= 0.6 is 0 Å². The summed E-state index contributed by atoms with van der Waals surface area (Å²) in [6.45, 7) is 2.03. The lowest BCUT2D eigenvalue weighted by molar-refractivity contribution is -0.149. The third kappa shape index (κ3) is 6.58. The van der Waals surface area contributed by atoms with Gasteiger partial charge in [-0.2, -0.15) is 13.2 Å². The lowest BCUT2D eigenvalue weighted by atomic mass is 9.78. The van der Waals surface area contributed by atoms with Crippen molar-refractivity contribution in [2.75, 3.05) is 19.0 Å². The third-order valence-corrected chi connectivity index (χ3v) is 11.1. The maximum atomic E-state index is 15.3.